The Morgan fingerprint density at radius 1 is 1.08 bits per heavy atom. The van der Waals surface area contributed by atoms with Gasteiger partial charge in [-0.1, -0.05) is 24.3 Å². The Balaban J connectivity index is 0.00000182. The lowest BCUT2D eigenvalue weighted by Gasteiger charge is -2.35. The number of nitrogen functional groups attached to an aromatic ring is 1. The molecule has 0 aliphatic carbocycles. The van der Waals surface area contributed by atoms with E-state index in [2.05, 4.69) is 23.2 Å². The van der Waals surface area contributed by atoms with Crippen LogP contribution in [0.4, 0.5) is 5.69 Å². The van der Waals surface area contributed by atoms with Crippen LogP contribution in [0.15, 0.2) is 54.6 Å². The minimum absolute atomic E-state index is 0. The lowest BCUT2D eigenvalue weighted by molar-refractivity contribution is 0.0607. The van der Waals surface area contributed by atoms with Gasteiger partial charge in [-0.15, -0.1) is 12.4 Å². The quantitative estimate of drug-likeness (QED) is 0.663. The second kappa shape index (κ2) is 7.19. The lowest BCUT2D eigenvalue weighted by Crippen LogP contribution is -2.38. The Hall–Kier alpha value is -2.46. The van der Waals surface area contributed by atoms with Crippen LogP contribution in [0, 0.1) is 0 Å². The first kappa shape index (κ1) is 17.4. The van der Waals surface area contributed by atoms with Crippen LogP contribution < -0.4 is 5.73 Å². The van der Waals surface area contributed by atoms with Gasteiger partial charge >= 0.3 is 0 Å². The van der Waals surface area contributed by atoms with Crippen LogP contribution in [-0.2, 0) is 0 Å². The van der Waals surface area contributed by atoms with E-state index in [0.29, 0.717) is 11.3 Å². The number of piperidine rings is 1. The van der Waals surface area contributed by atoms with Crippen LogP contribution in [0.5, 0.6) is 0 Å². The number of hydrogen-bond donors (Lipinski definition) is 2. The molecule has 1 unspecified atom stereocenters. The summed E-state index contributed by atoms with van der Waals surface area (Å²) in [5, 5.41) is 1.19. The van der Waals surface area contributed by atoms with Crippen molar-refractivity contribution in [1.29, 1.82) is 0 Å². The third-order valence-corrected chi connectivity index (χ3v) is 4.81. The number of fused-ring (bicyclic) bond motifs is 1. The molecule has 1 aliphatic rings. The first-order valence-electron chi connectivity index (χ1n) is 8.46. The fourth-order valence-corrected chi connectivity index (χ4v) is 3.61. The van der Waals surface area contributed by atoms with Crippen molar-refractivity contribution < 1.29 is 4.79 Å². The van der Waals surface area contributed by atoms with E-state index in [1.807, 2.05) is 35.2 Å². The zero-order chi connectivity index (χ0) is 16.5. The molecular weight excluding hydrogens is 334 g/mol. The summed E-state index contributed by atoms with van der Waals surface area (Å²) in [5.74, 6) is 0.0608. The molecule has 1 atom stereocenters. The minimum Gasteiger partial charge on any atom is -0.399 e. The summed E-state index contributed by atoms with van der Waals surface area (Å²) in [6.45, 7) is 0.785. The van der Waals surface area contributed by atoms with Gasteiger partial charge in [0.25, 0.3) is 5.91 Å². The van der Waals surface area contributed by atoms with Gasteiger partial charge in [-0.25, -0.2) is 0 Å². The van der Waals surface area contributed by atoms with Crippen molar-refractivity contribution in [2.24, 2.45) is 0 Å². The van der Waals surface area contributed by atoms with Crippen molar-refractivity contribution in [2.75, 3.05) is 12.3 Å². The highest BCUT2D eigenvalue weighted by molar-refractivity contribution is 5.95. The summed E-state index contributed by atoms with van der Waals surface area (Å²) < 4.78 is 0. The Kier molecular flexibility index (Phi) is 5.00. The number of para-hydroxylation sites is 1. The molecule has 3 N–H and O–H groups in total. The molecule has 1 amide bonds. The van der Waals surface area contributed by atoms with Gasteiger partial charge in [0, 0.05) is 29.0 Å². The smallest absolute Gasteiger partial charge is 0.254 e. The Labute approximate surface area is 153 Å². The topological polar surface area (TPSA) is 62.1 Å². The first-order valence-corrected chi connectivity index (χ1v) is 8.46. The predicted octanol–water partition coefficient (Wildman–Crippen LogP) is 4.54. The van der Waals surface area contributed by atoms with Crippen molar-refractivity contribution in [3.63, 3.8) is 0 Å². The van der Waals surface area contributed by atoms with Crippen molar-refractivity contribution in [1.82, 2.24) is 9.88 Å². The largest absolute Gasteiger partial charge is 0.399 e. The number of H-pyrrole nitrogens is 1. The number of benzene rings is 2. The number of anilines is 1. The van der Waals surface area contributed by atoms with E-state index >= 15 is 0 Å². The van der Waals surface area contributed by atoms with Gasteiger partial charge in [-0.2, -0.15) is 0 Å². The number of aromatic nitrogens is 1. The lowest BCUT2D eigenvalue weighted by atomic mass is 9.98. The van der Waals surface area contributed by atoms with Crippen LogP contribution in [0.2, 0.25) is 0 Å². The van der Waals surface area contributed by atoms with Gasteiger partial charge in [0.05, 0.1) is 6.04 Å². The number of likely N-dealkylation sites (tertiary alicyclic amines) is 1. The number of nitrogens with zero attached hydrogens (tertiary/aromatic N) is 1. The summed E-state index contributed by atoms with van der Waals surface area (Å²) in [5.41, 5.74) is 9.37. The van der Waals surface area contributed by atoms with Gasteiger partial charge in [0.1, 0.15) is 0 Å². The Morgan fingerprint density at radius 3 is 2.72 bits per heavy atom. The average Bonchev–Trinajstić information content (AvgIpc) is 3.05. The normalized spacial score (nSPS) is 17.3. The molecule has 0 spiro atoms. The molecule has 130 valence electrons. The van der Waals surface area contributed by atoms with Crippen LogP contribution in [-0.4, -0.2) is 22.3 Å². The van der Waals surface area contributed by atoms with Gasteiger partial charge in [-0.05, 0) is 55.0 Å². The highest BCUT2D eigenvalue weighted by atomic mass is 35.5. The number of halogens is 1. The number of nitrogens with one attached hydrogen (secondary N) is 1. The van der Waals surface area contributed by atoms with Gasteiger partial charge in [-0.3, -0.25) is 4.79 Å². The molecule has 0 saturated carbocycles. The van der Waals surface area contributed by atoms with Gasteiger partial charge < -0.3 is 15.6 Å². The highest BCUT2D eigenvalue weighted by Crippen LogP contribution is 2.33. The van der Waals surface area contributed by atoms with Crippen LogP contribution in [0.3, 0.4) is 0 Å². The van der Waals surface area contributed by atoms with Crippen molar-refractivity contribution >= 4 is 34.9 Å². The fraction of sp³-hybridized carbons (Fsp3) is 0.250. The standard InChI is InChI=1S/C20H21N3O.ClH/c21-16-8-5-7-15(12-16)20(24)23-11-4-3-10-19(23)18-13-14-6-1-2-9-17(14)22-18;/h1-2,5-9,12-13,19,22H,3-4,10-11,21H2;1H. The summed E-state index contributed by atoms with van der Waals surface area (Å²) in [7, 11) is 0. The Morgan fingerprint density at radius 2 is 1.92 bits per heavy atom. The van der Waals surface area contributed by atoms with Crippen molar-refractivity contribution in [2.45, 2.75) is 25.3 Å². The molecule has 4 nitrogen and oxygen atoms in total. The molecule has 25 heavy (non-hydrogen) atoms. The van der Waals surface area contributed by atoms with Crippen molar-refractivity contribution in [3.8, 4) is 0 Å². The molecule has 1 saturated heterocycles. The zero-order valence-corrected chi connectivity index (χ0v) is 14.8. The van der Waals surface area contributed by atoms with E-state index in [4.69, 9.17) is 5.73 Å². The van der Waals surface area contributed by atoms with Crippen LogP contribution in [0.1, 0.15) is 41.4 Å². The molecule has 0 bridgehead atoms. The summed E-state index contributed by atoms with van der Waals surface area (Å²) in [4.78, 5) is 18.5. The van der Waals surface area contributed by atoms with E-state index in [1.165, 1.54) is 5.39 Å². The summed E-state index contributed by atoms with van der Waals surface area (Å²) in [6.07, 6.45) is 3.17. The maximum absolute atomic E-state index is 13.0. The maximum Gasteiger partial charge on any atom is 0.254 e. The molecule has 4 rings (SSSR count). The zero-order valence-electron chi connectivity index (χ0n) is 13.9. The number of amides is 1. The number of aromatic amines is 1. The van der Waals surface area contributed by atoms with E-state index in [-0.39, 0.29) is 24.4 Å². The van der Waals surface area contributed by atoms with Crippen LogP contribution >= 0.6 is 12.4 Å². The molecule has 1 aromatic heterocycles. The average molecular weight is 356 g/mol. The maximum atomic E-state index is 13.0. The number of rotatable bonds is 2. The second-order valence-electron chi connectivity index (χ2n) is 6.45. The first-order chi connectivity index (χ1) is 11.7. The summed E-state index contributed by atoms with van der Waals surface area (Å²) >= 11 is 0. The highest BCUT2D eigenvalue weighted by Gasteiger charge is 2.29. The predicted molar refractivity (Wildman–Crippen MR) is 104 cm³/mol. The third kappa shape index (κ3) is 3.35. The van der Waals surface area contributed by atoms with Crippen LogP contribution in [0.25, 0.3) is 10.9 Å². The third-order valence-electron chi connectivity index (χ3n) is 4.81. The molecule has 3 aromatic rings. The molecule has 5 heteroatoms. The molecule has 0 radical (unpaired) electrons. The SMILES string of the molecule is Cl.Nc1cccc(C(=O)N2CCCCC2c2cc3ccccc3[nH]2)c1. The van der Waals surface area contributed by atoms with E-state index in [0.717, 1.165) is 37.0 Å². The molecule has 1 aliphatic heterocycles. The molecule has 2 aromatic carbocycles. The van der Waals surface area contributed by atoms with E-state index in [1.54, 1.807) is 6.07 Å². The summed E-state index contributed by atoms with van der Waals surface area (Å²) in [6, 6.07) is 17.8. The molecular formula is C20H22ClN3O. The van der Waals surface area contributed by atoms with Gasteiger partial charge in [0.2, 0.25) is 0 Å². The monoisotopic (exact) mass is 355 g/mol. The number of nitrogens with two attached hydrogens (primary N) is 1. The second-order valence-corrected chi connectivity index (χ2v) is 6.45. The molecule has 2 heterocycles. The number of hydrogen-bond acceptors (Lipinski definition) is 2. The number of carbonyl (C=O) groups is 1. The fourth-order valence-electron chi connectivity index (χ4n) is 3.61. The van der Waals surface area contributed by atoms with E-state index < -0.39 is 0 Å². The Bertz CT molecular complexity index is 856. The minimum atomic E-state index is 0. The van der Waals surface area contributed by atoms with Crippen molar-refractivity contribution in [3.05, 3.63) is 65.9 Å². The molecule has 1 fully saturated rings. The van der Waals surface area contributed by atoms with E-state index in [9.17, 15) is 4.79 Å². The van der Waals surface area contributed by atoms with Gasteiger partial charge in [0.15, 0.2) is 0 Å². The number of carbonyl (C=O) groups excluding carboxylic acids is 1.